The Labute approximate surface area is 75.6 Å². The van der Waals surface area contributed by atoms with Crippen LogP contribution in [0.15, 0.2) is 11.1 Å². The van der Waals surface area contributed by atoms with Crippen molar-refractivity contribution < 1.29 is 18.0 Å². The molecule has 0 N–H and O–H groups in total. The van der Waals surface area contributed by atoms with E-state index in [0.29, 0.717) is 6.42 Å². The number of hydrogen-bond donors (Lipinski definition) is 0. The van der Waals surface area contributed by atoms with Crippen molar-refractivity contribution in [3.05, 3.63) is 11.1 Å². The van der Waals surface area contributed by atoms with E-state index in [9.17, 15) is 18.0 Å². The summed E-state index contributed by atoms with van der Waals surface area (Å²) < 4.78 is 36.9. The fourth-order valence-electron chi connectivity index (χ4n) is 1.00. The summed E-state index contributed by atoms with van der Waals surface area (Å²) in [5.41, 5.74) is -0.864. The average molecular weight is 194 g/mol. The molecule has 0 saturated heterocycles. The van der Waals surface area contributed by atoms with Crippen LogP contribution in [0.4, 0.5) is 13.2 Å². The van der Waals surface area contributed by atoms with Crippen LogP contribution in [0.25, 0.3) is 0 Å². The van der Waals surface area contributed by atoms with Crippen LogP contribution in [0.1, 0.15) is 33.6 Å². The number of halogens is 3. The fraction of sp³-hybridized carbons (Fsp3) is 0.667. The number of carbonyl (C=O) groups excluding carboxylic acids is 1. The van der Waals surface area contributed by atoms with Gasteiger partial charge in [0, 0.05) is 5.57 Å². The van der Waals surface area contributed by atoms with Crippen molar-refractivity contribution in [2.24, 2.45) is 0 Å². The Bertz CT molecular complexity index is 226. The second kappa shape index (κ2) is 4.44. The number of ketones is 1. The summed E-state index contributed by atoms with van der Waals surface area (Å²) in [5.74, 6) is -0.513. The zero-order valence-corrected chi connectivity index (χ0v) is 7.96. The number of allylic oxidation sites excluding steroid dienone is 2. The van der Waals surface area contributed by atoms with Gasteiger partial charge in [-0.05, 0) is 25.8 Å². The van der Waals surface area contributed by atoms with Gasteiger partial charge in [0.15, 0.2) is 5.78 Å². The highest BCUT2D eigenvalue weighted by Crippen LogP contribution is 2.31. The minimum Gasteiger partial charge on any atom is -0.295 e. The maximum absolute atomic E-state index is 12.3. The van der Waals surface area contributed by atoms with Crippen LogP contribution < -0.4 is 0 Å². The highest BCUT2D eigenvalue weighted by atomic mass is 19.4. The molecule has 0 aromatic carbocycles. The first-order valence-electron chi connectivity index (χ1n) is 4.08. The summed E-state index contributed by atoms with van der Waals surface area (Å²) in [6.07, 6.45) is -4.07. The molecule has 0 aliphatic heterocycles. The first-order valence-corrected chi connectivity index (χ1v) is 4.08. The van der Waals surface area contributed by atoms with E-state index >= 15 is 0 Å². The van der Waals surface area contributed by atoms with Gasteiger partial charge in [-0.2, -0.15) is 13.2 Å². The maximum atomic E-state index is 12.3. The molecule has 0 aliphatic carbocycles. The van der Waals surface area contributed by atoms with Crippen molar-refractivity contribution in [1.29, 1.82) is 0 Å². The van der Waals surface area contributed by atoms with Gasteiger partial charge in [-0.25, -0.2) is 0 Å². The summed E-state index contributed by atoms with van der Waals surface area (Å²) >= 11 is 0. The van der Waals surface area contributed by atoms with Gasteiger partial charge in [0.25, 0.3) is 0 Å². The zero-order chi connectivity index (χ0) is 10.6. The number of alkyl halides is 3. The smallest absolute Gasteiger partial charge is 0.295 e. The molecule has 4 heteroatoms. The molecule has 0 unspecified atom stereocenters. The fourth-order valence-corrected chi connectivity index (χ4v) is 1.00. The van der Waals surface area contributed by atoms with E-state index in [0.717, 1.165) is 6.92 Å². The van der Waals surface area contributed by atoms with Gasteiger partial charge in [-0.1, -0.05) is 13.3 Å². The Kier molecular flexibility index (Phi) is 4.17. The molecule has 0 aliphatic rings. The standard InChI is InChI=1S/C9H13F3O/c1-4-5-8(9(10,11)12)6(2)7(3)13/h4-5H2,1-3H3/b8-6+. The topological polar surface area (TPSA) is 17.1 Å². The van der Waals surface area contributed by atoms with Crippen LogP contribution in [0.3, 0.4) is 0 Å². The van der Waals surface area contributed by atoms with Crippen molar-refractivity contribution in [2.45, 2.75) is 39.8 Å². The summed E-state index contributed by atoms with van der Waals surface area (Å²) in [6, 6.07) is 0. The van der Waals surface area contributed by atoms with Gasteiger partial charge in [0.05, 0.1) is 0 Å². The first-order chi connectivity index (χ1) is 5.80. The van der Waals surface area contributed by atoms with Crippen LogP contribution in [0.5, 0.6) is 0 Å². The molecule has 76 valence electrons. The van der Waals surface area contributed by atoms with Crippen molar-refractivity contribution in [2.75, 3.05) is 0 Å². The van der Waals surface area contributed by atoms with Gasteiger partial charge in [-0.15, -0.1) is 0 Å². The second-order valence-electron chi connectivity index (χ2n) is 2.91. The molecule has 0 rings (SSSR count). The molecule has 1 nitrogen and oxygen atoms in total. The SMILES string of the molecule is CCC/C(=C(/C)C(C)=O)C(F)(F)F. The lowest BCUT2D eigenvalue weighted by molar-refractivity contribution is -0.116. The number of hydrogen-bond acceptors (Lipinski definition) is 1. The van der Waals surface area contributed by atoms with Gasteiger partial charge in [0.1, 0.15) is 0 Å². The minimum absolute atomic E-state index is 0.0884. The third-order valence-corrected chi connectivity index (χ3v) is 1.82. The van der Waals surface area contributed by atoms with E-state index in [1.54, 1.807) is 6.92 Å². The van der Waals surface area contributed by atoms with Crippen LogP contribution in [0, 0.1) is 0 Å². The quantitative estimate of drug-likeness (QED) is 0.630. The molecule has 0 heterocycles. The van der Waals surface area contributed by atoms with Gasteiger partial charge >= 0.3 is 6.18 Å². The van der Waals surface area contributed by atoms with Crippen molar-refractivity contribution in [1.82, 2.24) is 0 Å². The highest BCUT2D eigenvalue weighted by molar-refractivity contribution is 5.93. The molecule has 0 radical (unpaired) electrons. The van der Waals surface area contributed by atoms with E-state index in [4.69, 9.17) is 0 Å². The Morgan fingerprint density at radius 1 is 1.23 bits per heavy atom. The first kappa shape index (κ1) is 12.2. The molecule has 13 heavy (non-hydrogen) atoms. The van der Waals surface area contributed by atoms with E-state index < -0.39 is 17.5 Å². The van der Waals surface area contributed by atoms with Crippen molar-refractivity contribution in [3.8, 4) is 0 Å². The summed E-state index contributed by atoms with van der Waals surface area (Å²) in [4.78, 5) is 10.7. The molecule has 0 amide bonds. The van der Waals surface area contributed by atoms with Crippen LogP contribution in [-0.2, 0) is 4.79 Å². The molecule has 0 aromatic rings. The monoisotopic (exact) mass is 194 g/mol. The predicted octanol–water partition coefficient (Wildman–Crippen LogP) is 3.25. The normalized spacial score (nSPS) is 14.0. The number of carbonyl (C=O) groups is 1. The third kappa shape index (κ3) is 3.61. The second-order valence-corrected chi connectivity index (χ2v) is 2.91. The van der Waals surface area contributed by atoms with Gasteiger partial charge < -0.3 is 0 Å². The highest BCUT2D eigenvalue weighted by Gasteiger charge is 2.34. The van der Waals surface area contributed by atoms with E-state index in [2.05, 4.69) is 0 Å². The molecule has 0 fully saturated rings. The third-order valence-electron chi connectivity index (χ3n) is 1.82. The van der Waals surface area contributed by atoms with E-state index in [1.165, 1.54) is 6.92 Å². The molecular weight excluding hydrogens is 181 g/mol. The molecule has 0 atom stereocenters. The molecule has 0 spiro atoms. The summed E-state index contributed by atoms with van der Waals surface area (Å²) in [7, 11) is 0. The Morgan fingerprint density at radius 2 is 1.69 bits per heavy atom. The predicted molar refractivity (Wildman–Crippen MR) is 44.3 cm³/mol. The van der Waals surface area contributed by atoms with E-state index in [-0.39, 0.29) is 12.0 Å². The lowest BCUT2D eigenvalue weighted by Crippen LogP contribution is -2.16. The van der Waals surface area contributed by atoms with E-state index in [1.807, 2.05) is 0 Å². The molecule has 0 aromatic heterocycles. The Balaban J connectivity index is 5.00. The molecular formula is C9H13F3O. The van der Waals surface area contributed by atoms with Gasteiger partial charge in [0.2, 0.25) is 0 Å². The molecule has 0 bridgehead atoms. The van der Waals surface area contributed by atoms with Crippen LogP contribution in [0.2, 0.25) is 0 Å². The summed E-state index contributed by atoms with van der Waals surface area (Å²) in [6.45, 7) is 4.02. The average Bonchev–Trinajstić information content (AvgIpc) is 1.96. The largest absolute Gasteiger partial charge is 0.413 e. The lowest BCUT2D eigenvalue weighted by atomic mass is 10.0. The Hall–Kier alpha value is -0.800. The van der Waals surface area contributed by atoms with Crippen LogP contribution in [-0.4, -0.2) is 12.0 Å². The van der Waals surface area contributed by atoms with Crippen molar-refractivity contribution >= 4 is 5.78 Å². The zero-order valence-electron chi connectivity index (χ0n) is 7.96. The lowest BCUT2D eigenvalue weighted by Gasteiger charge is -2.13. The maximum Gasteiger partial charge on any atom is 0.413 e. The van der Waals surface area contributed by atoms with Crippen LogP contribution >= 0.6 is 0 Å². The Morgan fingerprint density at radius 3 is 1.92 bits per heavy atom. The number of rotatable bonds is 3. The van der Waals surface area contributed by atoms with Crippen molar-refractivity contribution in [3.63, 3.8) is 0 Å². The van der Waals surface area contributed by atoms with Gasteiger partial charge in [-0.3, -0.25) is 4.79 Å². The summed E-state index contributed by atoms with van der Waals surface area (Å²) in [5, 5.41) is 0. The minimum atomic E-state index is -4.37. The molecule has 0 saturated carbocycles. The number of Topliss-reactive ketones (excluding diaryl/α,β-unsaturated/α-hetero) is 1.